The Kier molecular flexibility index (Phi) is 4.61. The number of aromatic amines is 1. The molecule has 0 amide bonds. The Morgan fingerprint density at radius 2 is 2.04 bits per heavy atom. The summed E-state index contributed by atoms with van der Waals surface area (Å²) in [6, 6.07) is 12.2. The highest BCUT2D eigenvalue weighted by Gasteiger charge is 2.07. The zero-order chi connectivity index (χ0) is 17.1. The van der Waals surface area contributed by atoms with E-state index in [-0.39, 0.29) is 0 Å². The number of aromatic nitrogens is 2. The highest BCUT2D eigenvalue weighted by molar-refractivity contribution is 9.10. The molecule has 0 radical (unpaired) electrons. The summed E-state index contributed by atoms with van der Waals surface area (Å²) in [7, 11) is 0. The van der Waals surface area contributed by atoms with E-state index in [1.807, 2.05) is 13.0 Å². The molecule has 0 aliphatic carbocycles. The summed E-state index contributed by atoms with van der Waals surface area (Å²) in [6.45, 7) is 2.38. The Bertz CT molecular complexity index is 1040. The SMILES string of the molecule is CCOc1ccc(Br)cc1C=Nn1c(=O)[nH]c2ccccc2c1=O. The second kappa shape index (κ2) is 6.84. The van der Waals surface area contributed by atoms with Crippen LogP contribution in [0.5, 0.6) is 5.75 Å². The highest BCUT2D eigenvalue weighted by Crippen LogP contribution is 2.21. The van der Waals surface area contributed by atoms with Gasteiger partial charge < -0.3 is 9.72 Å². The third-order valence-corrected chi connectivity index (χ3v) is 3.86. The standard InChI is InChI=1S/C17H14BrN3O3/c1-2-24-15-8-7-12(18)9-11(15)10-19-21-16(22)13-5-3-4-6-14(13)20-17(21)23/h3-10H,2H2,1H3,(H,20,23). The molecule has 3 rings (SSSR count). The van der Waals surface area contributed by atoms with Crippen LogP contribution in [0.4, 0.5) is 0 Å². The molecular weight excluding hydrogens is 374 g/mol. The number of hydrogen-bond acceptors (Lipinski definition) is 4. The number of hydrogen-bond donors (Lipinski definition) is 1. The van der Waals surface area contributed by atoms with Gasteiger partial charge in [0.15, 0.2) is 0 Å². The van der Waals surface area contributed by atoms with Gasteiger partial charge >= 0.3 is 5.69 Å². The summed E-state index contributed by atoms with van der Waals surface area (Å²) >= 11 is 3.38. The first-order chi connectivity index (χ1) is 11.6. The predicted octanol–water partition coefficient (Wildman–Crippen LogP) is 2.73. The molecule has 24 heavy (non-hydrogen) atoms. The third-order valence-electron chi connectivity index (χ3n) is 3.37. The number of nitrogens with zero attached hydrogens (tertiary/aromatic N) is 2. The lowest BCUT2D eigenvalue weighted by Crippen LogP contribution is -2.32. The van der Waals surface area contributed by atoms with Gasteiger partial charge in [0.05, 0.1) is 23.7 Å². The Labute approximate surface area is 145 Å². The van der Waals surface area contributed by atoms with Crippen LogP contribution in [0.25, 0.3) is 10.9 Å². The molecule has 0 aliphatic heterocycles. The second-order valence-corrected chi connectivity index (χ2v) is 5.87. The number of halogens is 1. The summed E-state index contributed by atoms with van der Waals surface area (Å²) in [4.78, 5) is 27.2. The van der Waals surface area contributed by atoms with Gasteiger partial charge in [0.25, 0.3) is 5.56 Å². The van der Waals surface area contributed by atoms with Crippen LogP contribution in [-0.4, -0.2) is 22.5 Å². The van der Waals surface area contributed by atoms with Crippen molar-refractivity contribution in [3.8, 4) is 5.75 Å². The van der Waals surface area contributed by atoms with Gasteiger partial charge in [0.2, 0.25) is 0 Å². The number of rotatable bonds is 4. The normalized spacial score (nSPS) is 11.2. The first-order valence-electron chi connectivity index (χ1n) is 7.31. The fraction of sp³-hybridized carbons (Fsp3) is 0.118. The van der Waals surface area contributed by atoms with E-state index in [0.29, 0.717) is 28.8 Å². The molecular formula is C17H14BrN3O3. The molecule has 6 nitrogen and oxygen atoms in total. The molecule has 122 valence electrons. The van der Waals surface area contributed by atoms with Crippen molar-refractivity contribution in [2.45, 2.75) is 6.92 Å². The van der Waals surface area contributed by atoms with Gasteiger partial charge in [-0.05, 0) is 37.3 Å². The molecule has 0 saturated heterocycles. The average Bonchev–Trinajstić information content (AvgIpc) is 2.57. The van der Waals surface area contributed by atoms with Crippen LogP contribution in [0.15, 0.2) is 61.6 Å². The molecule has 1 heterocycles. The molecule has 0 aliphatic rings. The molecule has 2 aromatic carbocycles. The van der Waals surface area contributed by atoms with Gasteiger partial charge in [-0.3, -0.25) is 4.79 Å². The van der Waals surface area contributed by atoms with Crippen molar-refractivity contribution in [1.82, 2.24) is 9.66 Å². The Balaban J connectivity index is 2.11. The summed E-state index contributed by atoms with van der Waals surface area (Å²) < 4.78 is 7.17. The number of para-hydroxylation sites is 1. The van der Waals surface area contributed by atoms with Gasteiger partial charge in [-0.1, -0.05) is 28.1 Å². The van der Waals surface area contributed by atoms with E-state index in [1.54, 1.807) is 36.4 Å². The fourth-order valence-corrected chi connectivity index (χ4v) is 2.66. The van der Waals surface area contributed by atoms with E-state index in [1.165, 1.54) is 6.21 Å². The zero-order valence-corrected chi connectivity index (χ0v) is 14.4. The lowest BCUT2D eigenvalue weighted by atomic mass is 10.2. The van der Waals surface area contributed by atoms with Gasteiger partial charge in [-0.2, -0.15) is 5.10 Å². The van der Waals surface area contributed by atoms with Crippen LogP contribution in [0.2, 0.25) is 0 Å². The maximum atomic E-state index is 12.4. The van der Waals surface area contributed by atoms with Crippen molar-refractivity contribution in [3.05, 3.63) is 73.3 Å². The van der Waals surface area contributed by atoms with E-state index in [9.17, 15) is 9.59 Å². The van der Waals surface area contributed by atoms with Crippen molar-refractivity contribution in [2.24, 2.45) is 5.10 Å². The van der Waals surface area contributed by atoms with Gasteiger partial charge in [0, 0.05) is 10.0 Å². The number of ether oxygens (including phenoxy) is 1. The number of benzene rings is 2. The summed E-state index contributed by atoms with van der Waals surface area (Å²) in [5, 5.41) is 4.44. The molecule has 0 unspecified atom stereocenters. The van der Waals surface area contributed by atoms with Gasteiger partial charge in [-0.15, -0.1) is 4.68 Å². The van der Waals surface area contributed by atoms with Crippen molar-refractivity contribution in [1.29, 1.82) is 0 Å². The van der Waals surface area contributed by atoms with Crippen molar-refractivity contribution >= 4 is 33.0 Å². The van der Waals surface area contributed by atoms with Crippen molar-refractivity contribution < 1.29 is 4.74 Å². The monoisotopic (exact) mass is 387 g/mol. The van der Waals surface area contributed by atoms with E-state index in [2.05, 4.69) is 26.0 Å². The van der Waals surface area contributed by atoms with E-state index in [4.69, 9.17) is 4.74 Å². The lowest BCUT2D eigenvalue weighted by Gasteiger charge is -2.07. The minimum absolute atomic E-state index is 0.397. The highest BCUT2D eigenvalue weighted by atomic mass is 79.9. The van der Waals surface area contributed by atoms with Crippen LogP contribution < -0.4 is 16.0 Å². The molecule has 1 N–H and O–H groups in total. The molecule has 0 atom stereocenters. The largest absolute Gasteiger partial charge is 0.493 e. The molecule has 0 bridgehead atoms. The molecule has 0 fully saturated rings. The van der Waals surface area contributed by atoms with Crippen LogP contribution in [0, 0.1) is 0 Å². The Morgan fingerprint density at radius 1 is 1.25 bits per heavy atom. The van der Waals surface area contributed by atoms with Crippen molar-refractivity contribution in [3.63, 3.8) is 0 Å². The molecule has 7 heteroatoms. The maximum absolute atomic E-state index is 12.4. The lowest BCUT2D eigenvalue weighted by molar-refractivity contribution is 0.339. The first-order valence-corrected chi connectivity index (χ1v) is 8.10. The first kappa shape index (κ1) is 16.2. The number of fused-ring (bicyclic) bond motifs is 1. The summed E-state index contributed by atoms with van der Waals surface area (Å²) in [5.41, 5.74) is 0.0727. The maximum Gasteiger partial charge on any atom is 0.349 e. The fourth-order valence-electron chi connectivity index (χ4n) is 2.29. The molecule has 1 aromatic heterocycles. The zero-order valence-electron chi connectivity index (χ0n) is 12.8. The summed E-state index contributed by atoms with van der Waals surface area (Å²) in [6.07, 6.45) is 1.43. The minimum atomic E-state index is -0.595. The van der Waals surface area contributed by atoms with Crippen LogP contribution in [0.1, 0.15) is 12.5 Å². The van der Waals surface area contributed by atoms with E-state index < -0.39 is 11.2 Å². The third kappa shape index (κ3) is 3.16. The molecule has 3 aromatic rings. The molecule has 0 spiro atoms. The van der Waals surface area contributed by atoms with Gasteiger partial charge in [-0.25, -0.2) is 4.79 Å². The minimum Gasteiger partial charge on any atom is -0.493 e. The Hall–Kier alpha value is -2.67. The topological polar surface area (TPSA) is 76.5 Å². The second-order valence-electron chi connectivity index (χ2n) is 4.95. The van der Waals surface area contributed by atoms with Gasteiger partial charge in [0.1, 0.15) is 5.75 Å². The van der Waals surface area contributed by atoms with E-state index in [0.717, 1.165) is 9.15 Å². The quantitative estimate of drug-likeness (QED) is 0.699. The Morgan fingerprint density at radius 3 is 2.83 bits per heavy atom. The van der Waals surface area contributed by atoms with Crippen LogP contribution in [-0.2, 0) is 0 Å². The van der Waals surface area contributed by atoms with Crippen molar-refractivity contribution in [2.75, 3.05) is 6.61 Å². The van der Waals surface area contributed by atoms with Crippen LogP contribution >= 0.6 is 15.9 Å². The van der Waals surface area contributed by atoms with Crippen LogP contribution in [0.3, 0.4) is 0 Å². The molecule has 0 saturated carbocycles. The average molecular weight is 388 g/mol. The van der Waals surface area contributed by atoms with E-state index >= 15 is 0 Å². The predicted molar refractivity (Wildman–Crippen MR) is 97.1 cm³/mol. The number of H-pyrrole nitrogens is 1. The smallest absolute Gasteiger partial charge is 0.349 e. The summed E-state index contributed by atoms with van der Waals surface area (Å²) in [5.74, 6) is 0.620. The number of nitrogens with one attached hydrogen (secondary N) is 1.